The van der Waals surface area contributed by atoms with Gasteiger partial charge in [-0.05, 0) is 55.9 Å². The van der Waals surface area contributed by atoms with E-state index in [4.69, 9.17) is 0 Å². The van der Waals surface area contributed by atoms with Gasteiger partial charge in [-0.2, -0.15) is 0 Å². The van der Waals surface area contributed by atoms with Crippen LogP contribution in [0.4, 0.5) is 5.69 Å². The fraction of sp³-hybridized carbons (Fsp3) is 0.360. The predicted octanol–water partition coefficient (Wildman–Crippen LogP) is 3.22. The smallest absolute Gasteiger partial charge is 0.331 e. The molecular formula is C25H30N4O4S. The van der Waals surface area contributed by atoms with Crippen LogP contribution in [0.2, 0.25) is 0 Å². The van der Waals surface area contributed by atoms with Gasteiger partial charge in [0, 0.05) is 30.1 Å². The number of hydrogen-bond acceptors (Lipinski definition) is 5. The summed E-state index contributed by atoms with van der Waals surface area (Å²) < 4.78 is 2.49. The van der Waals surface area contributed by atoms with Gasteiger partial charge in [-0.25, -0.2) is 4.79 Å². The number of nitrogens with zero attached hydrogens (tertiary/aromatic N) is 2. The second-order valence-corrected chi connectivity index (χ2v) is 8.81. The second kappa shape index (κ2) is 12.2. The topological polar surface area (TPSA) is 102 Å². The molecule has 0 saturated carbocycles. The van der Waals surface area contributed by atoms with Crippen LogP contribution in [0.1, 0.15) is 32.6 Å². The quantitative estimate of drug-likeness (QED) is 0.323. The maximum atomic E-state index is 13.2. The molecule has 0 fully saturated rings. The van der Waals surface area contributed by atoms with Crippen molar-refractivity contribution in [3.63, 3.8) is 0 Å². The molecule has 0 unspecified atom stereocenters. The minimum absolute atomic E-state index is 0.0349. The number of benzene rings is 2. The Balaban J connectivity index is 1.80. The van der Waals surface area contributed by atoms with Gasteiger partial charge >= 0.3 is 5.69 Å². The number of hydrogen-bond donors (Lipinski definition) is 2. The summed E-state index contributed by atoms with van der Waals surface area (Å²) in [5.41, 5.74) is 0.136. The Morgan fingerprint density at radius 1 is 0.971 bits per heavy atom. The van der Waals surface area contributed by atoms with Gasteiger partial charge < -0.3 is 10.6 Å². The molecule has 0 spiro atoms. The molecule has 3 rings (SSSR count). The number of rotatable bonds is 11. The van der Waals surface area contributed by atoms with Crippen LogP contribution >= 0.6 is 11.8 Å². The molecule has 1 aromatic heterocycles. The number of aromatic nitrogens is 2. The maximum Gasteiger partial charge on any atom is 0.331 e. The number of nitrogens with one attached hydrogen (secondary N) is 2. The van der Waals surface area contributed by atoms with Crippen LogP contribution in [-0.4, -0.2) is 33.7 Å². The van der Waals surface area contributed by atoms with Gasteiger partial charge in [-0.3, -0.25) is 23.5 Å². The Bertz CT molecular complexity index is 1280. The fourth-order valence-corrected chi connectivity index (χ4v) is 4.13. The van der Waals surface area contributed by atoms with Gasteiger partial charge in [0.05, 0.1) is 10.9 Å². The first-order chi connectivity index (χ1) is 16.4. The summed E-state index contributed by atoms with van der Waals surface area (Å²) in [6, 6.07) is 14.2. The zero-order chi connectivity index (χ0) is 24.5. The standard InChI is InChI=1S/C25H30N4O4S/c1-3-14-26-22(30)13-6-7-15-28-24(32)20-11-4-5-12-21(20)29(25(28)33)17-23(31)27-18-9-8-10-19(16-18)34-2/h4-5,8-12,16H,3,6-7,13-15,17H2,1-2H3,(H,26,30)(H,27,31). The van der Waals surface area contributed by atoms with E-state index in [1.54, 1.807) is 42.1 Å². The highest BCUT2D eigenvalue weighted by atomic mass is 32.2. The molecule has 0 radical (unpaired) electrons. The van der Waals surface area contributed by atoms with Crippen molar-refractivity contribution in [1.29, 1.82) is 0 Å². The highest BCUT2D eigenvalue weighted by Gasteiger charge is 2.15. The molecule has 34 heavy (non-hydrogen) atoms. The lowest BCUT2D eigenvalue weighted by atomic mass is 10.2. The van der Waals surface area contributed by atoms with E-state index in [9.17, 15) is 19.2 Å². The molecule has 0 bridgehead atoms. The number of para-hydroxylation sites is 1. The van der Waals surface area contributed by atoms with E-state index >= 15 is 0 Å². The summed E-state index contributed by atoms with van der Waals surface area (Å²) in [5, 5.41) is 6.02. The molecule has 1 heterocycles. The average molecular weight is 483 g/mol. The molecule has 0 aliphatic heterocycles. The Hall–Kier alpha value is -3.33. The van der Waals surface area contributed by atoms with Gasteiger partial charge in [0.2, 0.25) is 11.8 Å². The van der Waals surface area contributed by atoms with E-state index in [1.807, 2.05) is 31.4 Å². The highest BCUT2D eigenvalue weighted by Crippen LogP contribution is 2.19. The van der Waals surface area contributed by atoms with Crippen molar-refractivity contribution in [2.75, 3.05) is 18.1 Å². The summed E-state index contributed by atoms with van der Waals surface area (Å²) >= 11 is 1.57. The van der Waals surface area contributed by atoms with E-state index in [2.05, 4.69) is 10.6 Å². The first kappa shape index (κ1) is 25.3. The minimum atomic E-state index is -0.535. The lowest BCUT2D eigenvalue weighted by molar-refractivity contribution is -0.121. The van der Waals surface area contributed by atoms with Crippen LogP contribution in [0.25, 0.3) is 10.9 Å². The Kier molecular flexibility index (Phi) is 9.09. The summed E-state index contributed by atoms with van der Waals surface area (Å²) in [5.74, 6) is -0.393. The first-order valence-electron chi connectivity index (χ1n) is 11.4. The van der Waals surface area contributed by atoms with Gasteiger partial charge in [0.15, 0.2) is 0 Å². The van der Waals surface area contributed by atoms with E-state index in [1.165, 1.54) is 4.57 Å². The number of anilines is 1. The van der Waals surface area contributed by atoms with Gasteiger partial charge in [-0.15, -0.1) is 11.8 Å². The highest BCUT2D eigenvalue weighted by molar-refractivity contribution is 7.98. The van der Waals surface area contributed by atoms with E-state index < -0.39 is 5.69 Å². The SMILES string of the molecule is CCCNC(=O)CCCCn1c(=O)c2ccccc2n(CC(=O)Nc2cccc(SC)c2)c1=O. The molecule has 2 N–H and O–H groups in total. The fourth-order valence-electron chi connectivity index (χ4n) is 3.67. The largest absolute Gasteiger partial charge is 0.356 e. The third-order valence-electron chi connectivity index (χ3n) is 5.40. The average Bonchev–Trinajstić information content (AvgIpc) is 2.84. The monoisotopic (exact) mass is 482 g/mol. The van der Waals surface area contributed by atoms with Crippen molar-refractivity contribution in [3.8, 4) is 0 Å². The number of carbonyl (C=O) groups is 2. The molecule has 180 valence electrons. The van der Waals surface area contributed by atoms with Crippen LogP contribution in [0.3, 0.4) is 0 Å². The third kappa shape index (κ3) is 6.38. The summed E-state index contributed by atoms with van der Waals surface area (Å²) in [7, 11) is 0. The van der Waals surface area contributed by atoms with Gasteiger partial charge in [0.25, 0.3) is 5.56 Å². The van der Waals surface area contributed by atoms with Crippen molar-refractivity contribution in [2.24, 2.45) is 0 Å². The minimum Gasteiger partial charge on any atom is -0.356 e. The number of thioether (sulfide) groups is 1. The molecule has 2 amide bonds. The Morgan fingerprint density at radius 2 is 1.76 bits per heavy atom. The van der Waals surface area contributed by atoms with Crippen molar-refractivity contribution in [2.45, 2.75) is 50.6 Å². The Morgan fingerprint density at radius 3 is 2.53 bits per heavy atom. The van der Waals surface area contributed by atoms with Crippen LogP contribution < -0.4 is 21.9 Å². The number of fused-ring (bicyclic) bond motifs is 1. The lowest BCUT2D eigenvalue weighted by Crippen LogP contribution is -2.41. The molecule has 2 aromatic carbocycles. The van der Waals surface area contributed by atoms with Crippen LogP contribution in [0, 0.1) is 0 Å². The van der Waals surface area contributed by atoms with Crippen molar-refractivity contribution >= 4 is 40.2 Å². The molecule has 0 aliphatic carbocycles. The van der Waals surface area contributed by atoms with Gasteiger partial charge in [-0.1, -0.05) is 25.1 Å². The normalized spacial score (nSPS) is 10.9. The maximum absolute atomic E-state index is 13.2. The predicted molar refractivity (Wildman–Crippen MR) is 136 cm³/mol. The van der Waals surface area contributed by atoms with Crippen LogP contribution in [-0.2, 0) is 22.7 Å². The summed E-state index contributed by atoms with van der Waals surface area (Å²) in [6.07, 6.45) is 4.22. The molecule has 0 atom stereocenters. The molecule has 0 aliphatic rings. The number of amides is 2. The zero-order valence-corrected chi connectivity index (χ0v) is 20.3. The van der Waals surface area contributed by atoms with Crippen molar-refractivity contribution < 1.29 is 9.59 Å². The zero-order valence-electron chi connectivity index (χ0n) is 19.5. The lowest BCUT2D eigenvalue weighted by Gasteiger charge is -2.14. The number of carbonyl (C=O) groups excluding carboxylic acids is 2. The van der Waals surface area contributed by atoms with Crippen LogP contribution in [0.5, 0.6) is 0 Å². The van der Waals surface area contributed by atoms with Crippen LogP contribution in [0.15, 0.2) is 63.0 Å². The molecule has 8 nitrogen and oxygen atoms in total. The Labute approximate surface area is 202 Å². The van der Waals surface area contributed by atoms with Gasteiger partial charge in [0.1, 0.15) is 6.54 Å². The van der Waals surface area contributed by atoms with E-state index in [0.29, 0.717) is 42.4 Å². The third-order valence-corrected chi connectivity index (χ3v) is 6.12. The summed E-state index contributed by atoms with van der Waals surface area (Å²) in [4.78, 5) is 51.8. The van der Waals surface area contributed by atoms with E-state index in [-0.39, 0.29) is 30.5 Å². The van der Waals surface area contributed by atoms with E-state index in [0.717, 1.165) is 15.9 Å². The molecule has 0 saturated heterocycles. The molecule has 3 aromatic rings. The molecule has 9 heteroatoms. The molecular weight excluding hydrogens is 452 g/mol. The van der Waals surface area contributed by atoms with Crippen molar-refractivity contribution in [3.05, 3.63) is 69.4 Å². The second-order valence-electron chi connectivity index (χ2n) is 7.93. The first-order valence-corrected chi connectivity index (χ1v) is 12.6. The van der Waals surface area contributed by atoms with Crippen molar-refractivity contribution in [1.82, 2.24) is 14.5 Å². The number of unbranched alkanes of at least 4 members (excludes halogenated alkanes) is 1. The summed E-state index contributed by atoms with van der Waals surface area (Å²) in [6.45, 7) is 2.58.